The van der Waals surface area contributed by atoms with E-state index in [-0.39, 0.29) is 12.7 Å². The summed E-state index contributed by atoms with van der Waals surface area (Å²) in [5, 5.41) is 0. The summed E-state index contributed by atoms with van der Waals surface area (Å²) >= 11 is 0. The van der Waals surface area contributed by atoms with Crippen LogP contribution >= 0.6 is 0 Å². The fourth-order valence-corrected chi connectivity index (χ4v) is 4.70. The summed E-state index contributed by atoms with van der Waals surface area (Å²) in [7, 11) is 1.86. The second kappa shape index (κ2) is 8.53. The van der Waals surface area contributed by atoms with Crippen LogP contribution in [0.5, 0.6) is 0 Å². The van der Waals surface area contributed by atoms with Gasteiger partial charge >= 0.3 is 17.8 Å². The third-order valence-corrected chi connectivity index (χ3v) is 6.27. The van der Waals surface area contributed by atoms with Gasteiger partial charge in [0.05, 0.1) is 6.67 Å². The molecule has 0 bridgehead atoms. The molecule has 7 heteroatoms. The van der Waals surface area contributed by atoms with E-state index in [1.54, 1.807) is 0 Å². The summed E-state index contributed by atoms with van der Waals surface area (Å²) < 4.78 is 0. The molecule has 4 amide bonds. The van der Waals surface area contributed by atoms with Gasteiger partial charge in [0.15, 0.2) is 0 Å². The zero-order chi connectivity index (χ0) is 20.4. The summed E-state index contributed by atoms with van der Waals surface area (Å²) in [5.41, 5.74) is 2.37. The highest BCUT2D eigenvalue weighted by molar-refractivity contribution is 6.44. The molecule has 0 atom stereocenters. The van der Waals surface area contributed by atoms with Crippen molar-refractivity contribution in [3.8, 4) is 0 Å². The number of carbonyl (C=O) groups is 3. The predicted molar refractivity (Wildman–Crippen MR) is 110 cm³/mol. The smallest absolute Gasteiger partial charge is 0.335 e. The molecule has 2 saturated heterocycles. The maximum absolute atomic E-state index is 12.7. The minimum atomic E-state index is -0.700. The normalized spacial score (nSPS) is 21.2. The first kappa shape index (κ1) is 19.9. The molecule has 156 valence electrons. The van der Waals surface area contributed by atoms with E-state index in [0.717, 1.165) is 49.2 Å². The number of imide groups is 2. The summed E-state index contributed by atoms with van der Waals surface area (Å²) in [6, 6.07) is 7.92. The molecule has 1 saturated carbocycles. The molecule has 29 heavy (non-hydrogen) atoms. The van der Waals surface area contributed by atoms with E-state index < -0.39 is 17.8 Å². The lowest BCUT2D eigenvalue weighted by molar-refractivity contribution is -0.144. The van der Waals surface area contributed by atoms with Crippen LogP contribution in [0.1, 0.15) is 50.5 Å². The minimum absolute atomic E-state index is 0.114. The van der Waals surface area contributed by atoms with Crippen molar-refractivity contribution in [3.05, 3.63) is 29.8 Å². The van der Waals surface area contributed by atoms with Crippen LogP contribution in [0.4, 0.5) is 10.5 Å². The van der Waals surface area contributed by atoms with Crippen LogP contribution in [0.15, 0.2) is 24.3 Å². The van der Waals surface area contributed by atoms with Gasteiger partial charge in [-0.15, -0.1) is 0 Å². The quantitative estimate of drug-likeness (QED) is 0.545. The fourth-order valence-electron chi connectivity index (χ4n) is 4.70. The Labute approximate surface area is 172 Å². The number of urea groups is 1. The number of nitrogens with zero attached hydrogens (tertiary/aromatic N) is 4. The van der Waals surface area contributed by atoms with Crippen molar-refractivity contribution in [2.75, 3.05) is 31.7 Å². The molecule has 3 aliphatic rings. The molecule has 0 radical (unpaired) electrons. The minimum Gasteiger partial charge on any atom is -0.372 e. The zero-order valence-electron chi connectivity index (χ0n) is 17.2. The number of anilines is 1. The largest absolute Gasteiger partial charge is 0.372 e. The highest BCUT2D eigenvalue weighted by Gasteiger charge is 2.48. The lowest BCUT2D eigenvalue weighted by atomic mass is 10.1. The van der Waals surface area contributed by atoms with Gasteiger partial charge in [-0.1, -0.05) is 25.0 Å². The molecule has 2 heterocycles. The van der Waals surface area contributed by atoms with Crippen LogP contribution in [0.25, 0.3) is 0 Å². The summed E-state index contributed by atoms with van der Waals surface area (Å²) in [6.07, 6.45) is 7.42. The van der Waals surface area contributed by atoms with E-state index in [4.69, 9.17) is 0 Å². The number of hydrogen-bond acceptors (Lipinski definition) is 5. The average molecular weight is 399 g/mol. The van der Waals surface area contributed by atoms with Crippen LogP contribution in [0.3, 0.4) is 0 Å². The highest BCUT2D eigenvalue weighted by atomic mass is 16.2. The number of piperidine rings is 1. The number of benzene rings is 1. The molecule has 0 spiro atoms. The Morgan fingerprint density at radius 2 is 1.55 bits per heavy atom. The summed E-state index contributed by atoms with van der Waals surface area (Å²) in [6.45, 7) is 2.96. The Bertz CT molecular complexity index is 767. The van der Waals surface area contributed by atoms with Gasteiger partial charge in [0, 0.05) is 31.4 Å². The van der Waals surface area contributed by atoms with Crippen molar-refractivity contribution in [1.82, 2.24) is 14.7 Å². The van der Waals surface area contributed by atoms with Crippen LogP contribution in [0, 0.1) is 0 Å². The molecule has 0 N–H and O–H groups in total. The molecular weight excluding hydrogens is 368 g/mol. The third-order valence-electron chi connectivity index (χ3n) is 6.27. The van der Waals surface area contributed by atoms with E-state index in [1.165, 1.54) is 29.8 Å². The van der Waals surface area contributed by atoms with E-state index >= 15 is 0 Å². The van der Waals surface area contributed by atoms with E-state index in [0.29, 0.717) is 6.54 Å². The van der Waals surface area contributed by atoms with Gasteiger partial charge in [0.1, 0.15) is 0 Å². The first-order valence-corrected chi connectivity index (χ1v) is 10.8. The van der Waals surface area contributed by atoms with Crippen LogP contribution < -0.4 is 4.90 Å². The number of carbonyl (C=O) groups excluding carboxylic acids is 3. The van der Waals surface area contributed by atoms with Crippen LogP contribution in [-0.4, -0.2) is 65.4 Å². The van der Waals surface area contributed by atoms with Gasteiger partial charge < -0.3 is 4.90 Å². The van der Waals surface area contributed by atoms with Crippen molar-refractivity contribution >= 4 is 23.5 Å². The Morgan fingerprint density at radius 1 is 0.897 bits per heavy atom. The van der Waals surface area contributed by atoms with Gasteiger partial charge in [-0.2, -0.15) is 0 Å². The molecule has 1 aliphatic carbocycles. The van der Waals surface area contributed by atoms with Gasteiger partial charge in [-0.3, -0.25) is 19.4 Å². The van der Waals surface area contributed by atoms with Gasteiger partial charge in [0.25, 0.3) is 0 Å². The monoisotopic (exact) mass is 398 g/mol. The maximum atomic E-state index is 12.7. The van der Waals surface area contributed by atoms with Crippen molar-refractivity contribution in [3.63, 3.8) is 0 Å². The molecule has 1 aromatic rings. The molecule has 0 aromatic heterocycles. The lowest BCUT2D eigenvalue weighted by Gasteiger charge is -2.29. The van der Waals surface area contributed by atoms with Crippen molar-refractivity contribution in [1.29, 1.82) is 0 Å². The predicted octanol–water partition coefficient (Wildman–Crippen LogP) is 2.80. The first-order valence-electron chi connectivity index (χ1n) is 10.8. The fraction of sp³-hybridized carbons (Fsp3) is 0.591. The van der Waals surface area contributed by atoms with Crippen molar-refractivity contribution < 1.29 is 14.4 Å². The van der Waals surface area contributed by atoms with E-state index in [1.807, 2.05) is 11.9 Å². The molecule has 1 aromatic carbocycles. The average Bonchev–Trinajstić information content (AvgIpc) is 3.33. The lowest BCUT2D eigenvalue weighted by Crippen LogP contribution is -2.42. The maximum Gasteiger partial charge on any atom is 0.335 e. The Hall–Kier alpha value is -2.41. The summed E-state index contributed by atoms with van der Waals surface area (Å²) in [4.78, 5) is 44.0. The Balaban J connectivity index is 1.35. The molecule has 0 unspecified atom stereocenters. The summed E-state index contributed by atoms with van der Waals surface area (Å²) in [5.74, 6) is -1.37. The molecule has 2 aliphatic heterocycles. The molecule has 7 nitrogen and oxygen atoms in total. The van der Waals surface area contributed by atoms with Gasteiger partial charge in [-0.25, -0.2) is 9.69 Å². The second-order valence-corrected chi connectivity index (χ2v) is 8.50. The zero-order valence-corrected chi connectivity index (χ0v) is 17.2. The SMILES string of the molecule is CN(Cc1ccc(N2CCCCC2)cc1)CN1C(=O)C(=O)N(C2CCCC2)C1=O. The van der Waals surface area contributed by atoms with E-state index in [9.17, 15) is 14.4 Å². The van der Waals surface area contributed by atoms with E-state index in [2.05, 4.69) is 29.2 Å². The highest BCUT2D eigenvalue weighted by Crippen LogP contribution is 2.28. The first-order chi connectivity index (χ1) is 14.0. The standard InChI is InChI=1S/C22H30N4O3/c1-23(15-17-9-11-18(12-10-17)24-13-5-2-6-14-24)16-25-20(27)21(28)26(22(25)29)19-7-3-4-8-19/h9-12,19H,2-8,13-16H2,1H3. The molecule has 3 fully saturated rings. The van der Waals surface area contributed by atoms with Gasteiger partial charge in [-0.05, 0) is 56.8 Å². The van der Waals surface area contributed by atoms with Crippen LogP contribution in [0.2, 0.25) is 0 Å². The molecule has 4 rings (SSSR count). The molecular formula is C22H30N4O3. The van der Waals surface area contributed by atoms with Crippen molar-refractivity contribution in [2.45, 2.75) is 57.5 Å². The number of amides is 4. The third kappa shape index (κ3) is 4.15. The van der Waals surface area contributed by atoms with Crippen molar-refractivity contribution in [2.24, 2.45) is 0 Å². The second-order valence-electron chi connectivity index (χ2n) is 8.50. The number of hydrogen-bond donors (Lipinski definition) is 0. The Kier molecular flexibility index (Phi) is 5.85. The number of rotatable bonds is 6. The topological polar surface area (TPSA) is 64.2 Å². The van der Waals surface area contributed by atoms with Crippen LogP contribution in [-0.2, 0) is 16.1 Å². The Morgan fingerprint density at radius 3 is 2.21 bits per heavy atom. The van der Waals surface area contributed by atoms with Gasteiger partial charge in [0.2, 0.25) is 0 Å².